The van der Waals surface area contributed by atoms with Gasteiger partial charge in [-0.15, -0.1) is 0 Å². The summed E-state index contributed by atoms with van der Waals surface area (Å²) in [5, 5.41) is 12.9. The first-order chi connectivity index (χ1) is 8.61. The zero-order valence-electron chi connectivity index (χ0n) is 9.57. The van der Waals surface area contributed by atoms with Gasteiger partial charge in [-0.25, -0.2) is 9.78 Å². The number of halogens is 1. The van der Waals surface area contributed by atoms with E-state index in [-0.39, 0.29) is 5.56 Å². The van der Waals surface area contributed by atoms with Crippen LogP contribution in [0.1, 0.15) is 10.4 Å². The number of aromatic carboxylic acids is 1. The van der Waals surface area contributed by atoms with Crippen LogP contribution in [-0.2, 0) is 4.74 Å². The number of fused-ring (bicyclic) bond motifs is 1. The van der Waals surface area contributed by atoms with Gasteiger partial charge in [-0.1, -0.05) is 11.3 Å². The van der Waals surface area contributed by atoms with Crippen LogP contribution in [0.25, 0.3) is 10.2 Å². The predicted octanol–water partition coefficient (Wildman–Crippen LogP) is 2.82. The lowest BCUT2D eigenvalue weighted by Crippen LogP contribution is -2.06. The number of carboxylic acid groups (broad SMARTS) is 1. The van der Waals surface area contributed by atoms with Crippen molar-refractivity contribution < 1.29 is 14.6 Å². The number of nitrogens with one attached hydrogen (secondary N) is 1. The molecule has 2 aromatic rings. The minimum absolute atomic E-state index is 0.251. The first-order valence-corrected chi connectivity index (χ1v) is 6.79. The molecule has 0 aliphatic rings. The molecule has 0 aliphatic heterocycles. The fraction of sp³-hybridized carbons (Fsp3) is 0.273. The van der Waals surface area contributed by atoms with E-state index in [0.29, 0.717) is 17.6 Å². The molecule has 1 heterocycles. The third-order valence-electron chi connectivity index (χ3n) is 2.28. The molecule has 18 heavy (non-hydrogen) atoms. The Morgan fingerprint density at radius 3 is 3.06 bits per heavy atom. The van der Waals surface area contributed by atoms with Crippen LogP contribution in [0.4, 0.5) is 5.13 Å². The molecule has 1 aromatic carbocycles. The number of hydrogen-bond donors (Lipinski definition) is 2. The summed E-state index contributed by atoms with van der Waals surface area (Å²) in [6.45, 7) is 1.26. The molecule has 0 fully saturated rings. The van der Waals surface area contributed by atoms with Gasteiger partial charge in [0.15, 0.2) is 5.13 Å². The molecule has 5 nitrogen and oxygen atoms in total. The molecule has 2 rings (SSSR count). The molecule has 0 atom stereocenters. The average Bonchev–Trinajstić information content (AvgIpc) is 2.72. The maximum absolute atomic E-state index is 10.9. The van der Waals surface area contributed by atoms with Crippen molar-refractivity contribution in [2.75, 3.05) is 25.6 Å². The van der Waals surface area contributed by atoms with Gasteiger partial charge in [0.2, 0.25) is 0 Å². The minimum Gasteiger partial charge on any atom is -0.478 e. The Bertz CT molecular complexity index is 585. The maximum atomic E-state index is 10.9. The molecule has 2 N–H and O–H groups in total. The van der Waals surface area contributed by atoms with E-state index >= 15 is 0 Å². The number of nitrogens with zero attached hydrogens (tertiary/aromatic N) is 1. The van der Waals surface area contributed by atoms with E-state index < -0.39 is 5.97 Å². The number of aromatic nitrogens is 1. The van der Waals surface area contributed by atoms with Gasteiger partial charge >= 0.3 is 5.97 Å². The van der Waals surface area contributed by atoms with Crippen LogP contribution in [-0.4, -0.2) is 36.3 Å². The van der Waals surface area contributed by atoms with E-state index in [1.807, 2.05) is 0 Å². The van der Waals surface area contributed by atoms with Crippen molar-refractivity contribution in [1.82, 2.24) is 4.98 Å². The lowest BCUT2D eigenvalue weighted by Gasteiger charge is -1.99. The van der Waals surface area contributed by atoms with Crippen molar-refractivity contribution in [2.45, 2.75) is 0 Å². The Kier molecular flexibility index (Phi) is 4.15. The monoisotopic (exact) mass is 330 g/mol. The molecule has 0 unspecified atom stereocenters. The number of ether oxygens (including phenoxy) is 1. The fourth-order valence-electron chi connectivity index (χ4n) is 1.45. The molecule has 0 saturated heterocycles. The molecule has 1 aromatic heterocycles. The number of benzene rings is 1. The summed E-state index contributed by atoms with van der Waals surface area (Å²) in [4.78, 5) is 15.3. The molecule has 0 spiro atoms. The second kappa shape index (κ2) is 5.64. The zero-order chi connectivity index (χ0) is 13.1. The van der Waals surface area contributed by atoms with Crippen molar-refractivity contribution in [1.29, 1.82) is 0 Å². The van der Waals surface area contributed by atoms with Crippen molar-refractivity contribution in [3.8, 4) is 0 Å². The summed E-state index contributed by atoms with van der Waals surface area (Å²) in [6, 6.07) is 3.19. The number of carbonyl (C=O) groups is 1. The van der Waals surface area contributed by atoms with Crippen LogP contribution in [0.2, 0.25) is 0 Å². The van der Waals surface area contributed by atoms with Crippen LogP contribution >= 0.6 is 27.3 Å². The number of thiazole rings is 1. The highest BCUT2D eigenvalue weighted by atomic mass is 79.9. The van der Waals surface area contributed by atoms with Crippen LogP contribution in [0, 0.1) is 0 Å². The average molecular weight is 331 g/mol. The Morgan fingerprint density at radius 1 is 1.61 bits per heavy atom. The minimum atomic E-state index is -0.945. The smallest absolute Gasteiger partial charge is 0.335 e. The van der Waals surface area contributed by atoms with Gasteiger partial charge in [-0.2, -0.15) is 0 Å². The summed E-state index contributed by atoms with van der Waals surface area (Å²) in [5.41, 5.74) is 1.02. The molecule has 0 radical (unpaired) electrons. The number of carboxylic acids is 1. The van der Waals surface area contributed by atoms with E-state index in [4.69, 9.17) is 9.84 Å². The number of methoxy groups -OCH3 is 1. The van der Waals surface area contributed by atoms with Gasteiger partial charge < -0.3 is 15.2 Å². The highest BCUT2D eigenvalue weighted by Crippen LogP contribution is 2.32. The molecule has 0 bridgehead atoms. The van der Waals surface area contributed by atoms with E-state index in [1.165, 1.54) is 11.3 Å². The summed E-state index contributed by atoms with van der Waals surface area (Å²) < 4.78 is 6.46. The van der Waals surface area contributed by atoms with E-state index in [0.717, 1.165) is 15.3 Å². The highest BCUT2D eigenvalue weighted by Gasteiger charge is 2.11. The predicted molar refractivity (Wildman–Crippen MR) is 74.6 cm³/mol. The van der Waals surface area contributed by atoms with Gasteiger partial charge in [0.1, 0.15) is 0 Å². The lowest BCUT2D eigenvalue weighted by molar-refractivity contribution is 0.0697. The van der Waals surface area contributed by atoms with Crippen LogP contribution in [0.15, 0.2) is 16.6 Å². The van der Waals surface area contributed by atoms with Gasteiger partial charge in [0.05, 0.1) is 22.4 Å². The van der Waals surface area contributed by atoms with Crippen molar-refractivity contribution in [3.63, 3.8) is 0 Å². The topological polar surface area (TPSA) is 71.5 Å². The third kappa shape index (κ3) is 2.80. The molecular formula is C11H11BrN2O3S. The Hall–Kier alpha value is -1.18. The van der Waals surface area contributed by atoms with Gasteiger partial charge in [-0.05, 0) is 28.1 Å². The zero-order valence-corrected chi connectivity index (χ0v) is 12.0. The maximum Gasteiger partial charge on any atom is 0.335 e. The van der Waals surface area contributed by atoms with Gasteiger partial charge in [0, 0.05) is 18.1 Å². The van der Waals surface area contributed by atoms with Crippen molar-refractivity contribution >= 4 is 48.6 Å². The summed E-state index contributed by atoms with van der Waals surface area (Å²) in [6.07, 6.45) is 0. The SMILES string of the molecule is COCCNc1nc2c(Br)cc(C(=O)O)cc2s1. The third-order valence-corrected chi connectivity index (χ3v) is 3.84. The molecular weight excluding hydrogens is 320 g/mol. The number of rotatable bonds is 5. The normalized spacial score (nSPS) is 10.8. The van der Waals surface area contributed by atoms with Crippen molar-refractivity contribution in [3.05, 3.63) is 22.2 Å². The number of anilines is 1. The van der Waals surface area contributed by atoms with E-state index in [1.54, 1.807) is 19.2 Å². The number of hydrogen-bond acceptors (Lipinski definition) is 5. The summed E-state index contributed by atoms with van der Waals surface area (Å²) >= 11 is 4.76. The highest BCUT2D eigenvalue weighted by molar-refractivity contribution is 9.10. The second-order valence-corrected chi connectivity index (χ2v) is 5.43. The molecule has 7 heteroatoms. The lowest BCUT2D eigenvalue weighted by atomic mass is 10.2. The first kappa shape index (κ1) is 13.3. The molecule has 0 amide bonds. The Balaban J connectivity index is 2.32. The molecule has 0 aliphatic carbocycles. The van der Waals surface area contributed by atoms with Gasteiger partial charge in [0.25, 0.3) is 0 Å². The van der Waals surface area contributed by atoms with Crippen LogP contribution in [0.3, 0.4) is 0 Å². The Morgan fingerprint density at radius 2 is 2.39 bits per heavy atom. The first-order valence-electron chi connectivity index (χ1n) is 5.18. The summed E-state index contributed by atoms with van der Waals surface area (Å²) in [7, 11) is 1.63. The largest absolute Gasteiger partial charge is 0.478 e. The van der Waals surface area contributed by atoms with E-state index in [9.17, 15) is 4.79 Å². The Labute approximate surface area is 116 Å². The quantitative estimate of drug-likeness (QED) is 0.825. The van der Waals surface area contributed by atoms with Crippen LogP contribution < -0.4 is 5.32 Å². The van der Waals surface area contributed by atoms with E-state index in [2.05, 4.69) is 26.2 Å². The molecule has 96 valence electrons. The van der Waals surface area contributed by atoms with Crippen molar-refractivity contribution in [2.24, 2.45) is 0 Å². The fourth-order valence-corrected chi connectivity index (χ4v) is 3.09. The van der Waals surface area contributed by atoms with Crippen LogP contribution in [0.5, 0.6) is 0 Å². The van der Waals surface area contributed by atoms with Gasteiger partial charge in [-0.3, -0.25) is 0 Å². The standard InChI is InChI=1S/C11H11BrN2O3S/c1-17-3-2-13-11-14-9-7(12)4-6(10(15)16)5-8(9)18-11/h4-5H,2-3H2,1H3,(H,13,14)(H,15,16). The summed E-state index contributed by atoms with van der Waals surface area (Å²) in [5.74, 6) is -0.945. The second-order valence-electron chi connectivity index (χ2n) is 3.55. The molecule has 0 saturated carbocycles.